The first-order chi connectivity index (χ1) is 16.5. The van der Waals surface area contributed by atoms with E-state index >= 15 is 0 Å². The smallest absolute Gasteiger partial charge is 0.312 e. The Morgan fingerprint density at radius 2 is 1.65 bits per heavy atom. The summed E-state index contributed by atoms with van der Waals surface area (Å²) in [6.45, 7) is -0.0723. The van der Waals surface area contributed by atoms with E-state index in [1.807, 2.05) is 12.1 Å². The first-order valence-corrected chi connectivity index (χ1v) is 10.5. The Morgan fingerprint density at radius 3 is 2.32 bits per heavy atom. The van der Waals surface area contributed by atoms with Crippen LogP contribution < -0.4 is 9.47 Å². The van der Waals surface area contributed by atoms with Gasteiger partial charge < -0.3 is 9.47 Å². The molecular weight excluding hydrogens is 432 g/mol. The van der Waals surface area contributed by atoms with Gasteiger partial charge in [-0.15, -0.1) is 0 Å². The molecule has 0 saturated heterocycles. The molecule has 1 aliphatic heterocycles. The summed E-state index contributed by atoms with van der Waals surface area (Å²) in [5.41, 5.74) is 2.38. The number of rotatable bonds is 7. The number of methoxy groups -OCH3 is 1. The van der Waals surface area contributed by atoms with E-state index in [1.54, 1.807) is 66.7 Å². The lowest BCUT2D eigenvalue weighted by molar-refractivity contribution is -0.134. The number of para-hydroxylation sites is 1. The van der Waals surface area contributed by atoms with Crippen molar-refractivity contribution in [1.29, 1.82) is 5.26 Å². The predicted octanol–water partition coefficient (Wildman–Crippen LogP) is 4.35. The Labute approximate surface area is 196 Å². The number of nitrogens with zero attached hydrogens (tertiary/aromatic N) is 2. The van der Waals surface area contributed by atoms with E-state index in [-0.39, 0.29) is 13.0 Å². The molecule has 34 heavy (non-hydrogen) atoms. The molecule has 0 unspecified atom stereocenters. The number of allylic oxidation sites excluding steroid dienone is 1. The first-order valence-electron chi connectivity index (χ1n) is 10.5. The Kier molecular flexibility index (Phi) is 6.51. The fourth-order valence-electron chi connectivity index (χ4n) is 3.70. The number of esters is 1. The summed E-state index contributed by atoms with van der Waals surface area (Å²) in [5.74, 6) is -0.547. The Bertz CT molecular complexity index is 1320. The summed E-state index contributed by atoms with van der Waals surface area (Å²) >= 11 is 0. The Morgan fingerprint density at radius 1 is 0.971 bits per heavy atom. The molecule has 0 aliphatic carbocycles. The van der Waals surface area contributed by atoms with Crippen LogP contribution >= 0.6 is 0 Å². The molecule has 0 aromatic heterocycles. The maximum atomic E-state index is 12.4. The average Bonchev–Trinajstić information content (AvgIpc) is 3.11. The molecule has 7 nitrogen and oxygen atoms in total. The van der Waals surface area contributed by atoms with Gasteiger partial charge in [0.05, 0.1) is 36.3 Å². The normalized spacial score (nSPS) is 12.8. The van der Waals surface area contributed by atoms with Gasteiger partial charge in [0, 0.05) is 12.1 Å². The largest absolute Gasteiger partial charge is 0.496 e. The molecule has 1 aliphatic rings. The Hall–Kier alpha value is -4.70. The number of carbonyl (C=O) groups excluding carboxylic acids is 3. The molecule has 2 amide bonds. The highest BCUT2D eigenvalue weighted by molar-refractivity contribution is 6.21. The summed E-state index contributed by atoms with van der Waals surface area (Å²) in [7, 11) is 1.54. The second-order valence-electron chi connectivity index (χ2n) is 7.47. The van der Waals surface area contributed by atoms with E-state index in [4.69, 9.17) is 9.47 Å². The maximum absolute atomic E-state index is 12.4. The van der Waals surface area contributed by atoms with E-state index in [0.29, 0.717) is 39.3 Å². The van der Waals surface area contributed by atoms with E-state index < -0.39 is 17.8 Å². The van der Waals surface area contributed by atoms with Crippen molar-refractivity contribution >= 4 is 29.4 Å². The van der Waals surface area contributed by atoms with Crippen LogP contribution in [0.15, 0.2) is 72.8 Å². The summed E-state index contributed by atoms with van der Waals surface area (Å²) in [6.07, 6.45) is 1.53. The number of hydrogen-bond donors (Lipinski definition) is 0. The van der Waals surface area contributed by atoms with Gasteiger partial charge in [-0.05, 0) is 48.0 Å². The van der Waals surface area contributed by atoms with Crippen LogP contribution in [0.3, 0.4) is 0 Å². The summed E-state index contributed by atoms with van der Waals surface area (Å²) in [5, 5.41) is 9.64. The highest BCUT2D eigenvalue weighted by atomic mass is 16.5. The lowest BCUT2D eigenvalue weighted by atomic mass is 10.0. The van der Waals surface area contributed by atoms with Crippen molar-refractivity contribution in [3.63, 3.8) is 0 Å². The van der Waals surface area contributed by atoms with Crippen LogP contribution in [0.1, 0.15) is 38.3 Å². The third-order valence-corrected chi connectivity index (χ3v) is 5.34. The van der Waals surface area contributed by atoms with Crippen molar-refractivity contribution in [3.8, 4) is 17.6 Å². The van der Waals surface area contributed by atoms with Gasteiger partial charge in [0.1, 0.15) is 11.5 Å². The second kappa shape index (κ2) is 9.84. The molecule has 0 fully saturated rings. The zero-order valence-corrected chi connectivity index (χ0v) is 18.4. The third-order valence-electron chi connectivity index (χ3n) is 5.34. The van der Waals surface area contributed by atoms with Gasteiger partial charge in [0.15, 0.2) is 0 Å². The number of fused-ring (bicyclic) bond motifs is 1. The minimum atomic E-state index is -0.581. The van der Waals surface area contributed by atoms with Crippen LogP contribution in [0.2, 0.25) is 0 Å². The topological polar surface area (TPSA) is 96.7 Å². The zero-order valence-electron chi connectivity index (χ0n) is 18.4. The molecule has 0 N–H and O–H groups in total. The highest BCUT2D eigenvalue weighted by Crippen LogP contribution is 2.28. The highest BCUT2D eigenvalue weighted by Gasteiger charge is 2.35. The van der Waals surface area contributed by atoms with Crippen molar-refractivity contribution in [2.75, 3.05) is 13.7 Å². The SMILES string of the molecule is COc1ccccc1/C(C#N)=C\c1cccc(OC(=O)CCN2C(=O)c3ccccc3C2=O)c1. The van der Waals surface area contributed by atoms with E-state index in [0.717, 1.165) is 4.90 Å². The van der Waals surface area contributed by atoms with Gasteiger partial charge in [-0.2, -0.15) is 5.26 Å². The number of nitriles is 1. The van der Waals surface area contributed by atoms with Crippen molar-refractivity contribution in [2.45, 2.75) is 6.42 Å². The molecular formula is C27H20N2O5. The fraction of sp³-hybridized carbons (Fsp3) is 0.111. The molecule has 3 aromatic rings. The van der Waals surface area contributed by atoms with Gasteiger partial charge in [0.25, 0.3) is 11.8 Å². The van der Waals surface area contributed by atoms with Crippen molar-refractivity contribution in [2.24, 2.45) is 0 Å². The van der Waals surface area contributed by atoms with Crippen LogP contribution in [-0.2, 0) is 4.79 Å². The summed E-state index contributed by atoms with van der Waals surface area (Å²) < 4.78 is 10.7. The second-order valence-corrected chi connectivity index (χ2v) is 7.47. The van der Waals surface area contributed by atoms with Crippen LogP contribution in [0.25, 0.3) is 11.6 Å². The van der Waals surface area contributed by atoms with Gasteiger partial charge in [-0.25, -0.2) is 0 Å². The van der Waals surface area contributed by atoms with Crippen molar-refractivity contribution in [3.05, 3.63) is 95.1 Å². The minimum Gasteiger partial charge on any atom is -0.496 e. The summed E-state index contributed by atoms with van der Waals surface area (Å²) in [4.78, 5) is 38.3. The zero-order chi connectivity index (χ0) is 24.1. The lowest BCUT2D eigenvalue weighted by Crippen LogP contribution is -2.32. The van der Waals surface area contributed by atoms with Crippen LogP contribution in [0.5, 0.6) is 11.5 Å². The minimum absolute atomic E-state index is 0.0723. The van der Waals surface area contributed by atoms with Gasteiger partial charge >= 0.3 is 5.97 Å². The number of hydrogen-bond acceptors (Lipinski definition) is 6. The maximum Gasteiger partial charge on any atom is 0.312 e. The third kappa shape index (κ3) is 4.57. The molecule has 168 valence electrons. The van der Waals surface area contributed by atoms with E-state index in [2.05, 4.69) is 6.07 Å². The van der Waals surface area contributed by atoms with Crippen LogP contribution in [0.4, 0.5) is 0 Å². The number of ether oxygens (including phenoxy) is 2. The lowest BCUT2D eigenvalue weighted by Gasteiger charge is -2.13. The van der Waals surface area contributed by atoms with Gasteiger partial charge in [0.2, 0.25) is 0 Å². The van der Waals surface area contributed by atoms with Gasteiger partial charge in [-0.1, -0.05) is 36.4 Å². The number of imide groups is 1. The quantitative estimate of drug-likeness (QED) is 0.174. The van der Waals surface area contributed by atoms with E-state index in [9.17, 15) is 19.6 Å². The van der Waals surface area contributed by atoms with Gasteiger partial charge in [-0.3, -0.25) is 19.3 Å². The predicted molar refractivity (Wildman–Crippen MR) is 125 cm³/mol. The number of benzene rings is 3. The molecule has 0 spiro atoms. The molecule has 0 radical (unpaired) electrons. The molecule has 3 aromatic carbocycles. The van der Waals surface area contributed by atoms with E-state index in [1.165, 1.54) is 7.11 Å². The molecule has 0 atom stereocenters. The number of carbonyl (C=O) groups is 3. The molecule has 0 bridgehead atoms. The molecule has 4 rings (SSSR count). The average molecular weight is 452 g/mol. The first kappa shape index (κ1) is 22.5. The summed E-state index contributed by atoms with van der Waals surface area (Å²) in [6, 6.07) is 22.7. The van der Waals surface area contributed by atoms with Crippen LogP contribution in [0, 0.1) is 11.3 Å². The molecule has 0 saturated carbocycles. The monoisotopic (exact) mass is 452 g/mol. The van der Waals surface area contributed by atoms with Crippen LogP contribution in [-0.4, -0.2) is 36.3 Å². The fourth-order valence-corrected chi connectivity index (χ4v) is 3.70. The Balaban J connectivity index is 1.43. The molecule has 7 heteroatoms. The standard InChI is InChI=1S/C27H20N2O5/c1-33-24-12-5-4-9-21(24)19(17-28)15-18-7-6-8-20(16-18)34-25(30)13-14-29-26(31)22-10-2-3-11-23(22)27(29)32/h2-12,15-16H,13-14H2,1H3/b19-15-. The number of amides is 2. The van der Waals surface area contributed by atoms with Crippen molar-refractivity contribution < 1.29 is 23.9 Å². The molecule has 1 heterocycles. The van der Waals surface area contributed by atoms with Crippen molar-refractivity contribution in [1.82, 2.24) is 4.90 Å².